The lowest BCUT2D eigenvalue weighted by Crippen LogP contribution is -2.30. The molecule has 2 aromatic rings. The Kier molecular flexibility index (Phi) is 5.47. The third kappa shape index (κ3) is 4.95. The molecule has 1 amide bonds. The lowest BCUT2D eigenvalue weighted by molar-refractivity contribution is -0.115. The largest absolute Gasteiger partial charge is 0.325 e. The summed E-state index contributed by atoms with van der Waals surface area (Å²) in [6, 6.07) is 13.6. The van der Waals surface area contributed by atoms with Gasteiger partial charge in [-0.25, -0.2) is 4.39 Å². The molecule has 110 valence electrons. The van der Waals surface area contributed by atoms with Gasteiger partial charge in [-0.05, 0) is 48.9 Å². The normalized spacial score (nSPS) is 12.0. The van der Waals surface area contributed by atoms with Gasteiger partial charge < -0.3 is 10.6 Å². The van der Waals surface area contributed by atoms with Crippen molar-refractivity contribution >= 4 is 27.5 Å². The molecule has 0 aromatic heterocycles. The van der Waals surface area contributed by atoms with Crippen molar-refractivity contribution in [1.29, 1.82) is 0 Å². The van der Waals surface area contributed by atoms with Crippen LogP contribution in [-0.2, 0) is 4.79 Å². The first-order valence-corrected chi connectivity index (χ1v) is 7.38. The number of amides is 1. The van der Waals surface area contributed by atoms with E-state index in [1.165, 1.54) is 12.1 Å². The van der Waals surface area contributed by atoms with Gasteiger partial charge in [0.15, 0.2) is 0 Å². The number of carbonyl (C=O) groups is 1. The topological polar surface area (TPSA) is 41.1 Å². The number of anilines is 1. The highest BCUT2D eigenvalue weighted by Crippen LogP contribution is 2.15. The molecule has 0 spiro atoms. The first-order chi connectivity index (χ1) is 10.0. The first kappa shape index (κ1) is 15.7. The molecule has 0 fully saturated rings. The van der Waals surface area contributed by atoms with Crippen LogP contribution in [0.2, 0.25) is 0 Å². The molecule has 0 aliphatic rings. The molecule has 5 heteroatoms. The van der Waals surface area contributed by atoms with Crippen LogP contribution >= 0.6 is 15.9 Å². The fraction of sp³-hybridized carbons (Fsp3) is 0.188. The molecule has 0 saturated heterocycles. The summed E-state index contributed by atoms with van der Waals surface area (Å²) in [4.78, 5) is 11.8. The van der Waals surface area contributed by atoms with Crippen LogP contribution in [0.4, 0.5) is 10.1 Å². The van der Waals surface area contributed by atoms with Gasteiger partial charge >= 0.3 is 0 Å². The summed E-state index contributed by atoms with van der Waals surface area (Å²) >= 11 is 3.34. The predicted octanol–water partition coefficient (Wildman–Crippen LogP) is 3.88. The van der Waals surface area contributed by atoms with E-state index in [1.54, 1.807) is 6.07 Å². The standard InChI is InChI=1S/C16H16BrFN2O/c1-11(12-3-2-4-14(18)9-12)19-10-16(21)20-15-7-5-13(17)6-8-15/h2-9,11,19H,10H2,1H3,(H,20,21)/t11-/m0/s1. The molecule has 2 aromatic carbocycles. The zero-order valence-electron chi connectivity index (χ0n) is 11.6. The van der Waals surface area contributed by atoms with Gasteiger partial charge in [-0.2, -0.15) is 0 Å². The van der Waals surface area contributed by atoms with Crippen LogP contribution in [0, 0.1) is 5.82 Å². The quantitative estimate of drug-likeness (QED) is 0.859. The minimum absolute atomic E-state index is 0.101. The molecule has 3 nitrogen and oxygen atoms in total. The fourth-order valence-electron chi connectivity index (χ4n) is 1.88. The second kappa shape index (κ2) is 7.33. The zero-order chi connectivity index (χ0) is 15.2. The van der Waals surface area contributed by atoms with Crippen LogP contribution in [-0.4, -0.2) is 12.5 Å². The predicted molar refractivity (Wildman–Crippen MR) is 85.6 cm³/mol. The van der Waals surface area contributed by atoms with Crippen molar-refractivity contribution in [1.82, 2.24) is 5.32 Å². The Bertz CT molecular complexity index is 616. The molecule has 2 N–H and O–H groups in total. The van der Waals surface area contributed by atoms with Gasteiger partial charge in [-0.3, -0.25) is 4.79 Å². The van der Waals surface area contributed by atoms with Crippen molar-refractivity contribution in [2.24, 2.45) is 0 Å². The molecule has 0 unspecified atom stereocenters. The van der Waals surface area contributed by atoms with Crippen molar-refractivity contribution in [2.75, 3.05) is 11.9 Å². The first-order valence-electron chi connectivity index (χ1n) is 6.59. The summed E-state index contributed by atoms with van der Waals surface area (Å²) in [6.45, 7) is 2.05. The van der Waals surface area contributed by atoms with Gasteiger partial charge in [0.2, 0.25) is 5.91 Å². The molecule has 0 aliphatic carbocycles. The molecule has 21 heavy (non-hydrogen) atoms. The van der Waals surface area contributed by atoms with E-state index in [4.69, 9.17) is 0 Å². The number of carbonyl (C=O) groups excluding carboxylic acids is 1. The smallest absolute Gasteiger partial charge is 0.238 e. The summed E-state index contributed by atoms with van der Waals surface area (Å²) < 4.78 is 14.1. The Morgan fingerprint density at radius 2 is 1.95 bits per heavy atom. The van der Waals surface area contributed by atoms with Gasteiger partial charge in [0.05, 0.1) is 6.54 Å². The Morgan fingerprint density at radius 3 is 2.62 bits per heavy atom. The maximum atomic E-state index is 13.1. The van der Waals surface area contributed by atoms with Crippen LogP contribution in [0.5, 0.6) is 0 Å². The van der Waals surface area contributed by atoms with Gasteiger partial charge in [-0.15, -0.1) is 0 Å². The number of benzene rings is 2. The molecular weight excluding hydrogens is 335 g/mol. The molecular formula is C16H16BrFN2O. The van der Waals surface area contributed by atoms with E-state index < -0.39 is 0 Å². The van der Waals surface area contributed by atoms with Crippen molar-refractivity contribution in [3.05, 3.63) is 64.4 Å². The van der Waals surface area contributed by atoms with Crippen molar-refractivity contribution < 1.29 is 9.18 Å². The molecule has 0 radical (unpaired) electrons. The maximum Gasteiger partial charge on any atom is 0.238 e. The summed E-state index contributed by atoms with van der Waals surface area (Å²) in [7, 11) is 0. The minimum Gasteiger partial charge on any atom is -0.325 e. The van der Waals surface area contributed by atoms with E-state index in [2.05, 4.69) is 26.6 Å². The van der Waals surface area contributed by atoms with E-state index in [-0.39, 0.29) is 24.3 Å². The third-order valence-corrected chi connectivity index (χ3v) is 3.57. The number of halogens is 2. The van der Waals surface area contributed by atoms with Gasteiger partial charge in [-0.1, -0.05) is 28.1 Å². The van der Waals surface area contributed by atoms with Gasteiger partial charge in [0, 0.05) is 16.2 Å². The van der Waals surface area contributed by atoms with E-state index in [9.17, 15) is 9.18 Å². The van der Waals surface area contributed by atoms with Crippen molar-refractivity contribution in [3.63, 3.8) is 0 Å². The number of rotatable bonds is 5. The molecule has 2 rings (SSSR count). The second-order valence-corrected chi connectivity index (χ2v) is 5.63. The Balaban J connectivity index is 1.84. The summed E-state index contributed by atoms with van der Waals surface area (Å²) in [6.07, 6.45) is 0. The zero-order valence-corrected chi connectivity index (χ0v) is 13.2. The lowest BCUT2D eigenvalue weighted by Gasteiger charge is -2.14. The van der Waals surface area contributed by atoms with Crippen molar-refractivity contribution in [3.8, 4) is 0 Å². The third-order valence-electron chi connectivity index (χ3n) is 3.05. The highest BCUT2D eigenvalue weighted by Gasteiger charge is 2.08. The summed E-state index contributed by atoms with van der Waals surface area (Å²) in [5, 5.41) is 5.86. The molecule has 0 bridgehead atoms. The van der Waals surface area contributed by atoms with Crippen LogP contribution in [0.1, 0.15) is 18.5 Å². The Labute approximate surface area is 131 Å². The monoisotopic (exact) mass is 350 g/mol. The SMILES string of the molecule is C[C@H](NCC(=O)Nc1ccc(Br)cc1)c1cccc(F)c1. The van der Waals surface area contributed by atoms with E-state index in [0.29, 0.717) is 0 Å². The number of hydrogen-bond acceptors (Lipinski definition) is 2. The molecule has 0 saturated carbocycles. The van der Waals surface area contributed by atoms with Crippen LogP contribution in [0.3, 0.4) is 0 Å². The van der Waals surface area contributed by atoms with E-state index >= 15 is 0 Å². The lowest BCUT2D eigenvalue weighted by atomic mass is 10.1. The van der Waals surface area contributed by atoms with Gasteiger partial charge in [0.1, 0.15) is 5.82 Å². The highest BCUT2D eigenvalue weighted by molar-refractivity contribution is 9.10. The fourth-order valence-corrected chi connectivity index (χ4v) is 2.14. The Hall–Kier alpha value is -1.72. The number of nitrogens with one attached hydrogen (secondary N) is 2. The summed E-state index contributed by atoms with van der Waals surface area (Å²) in [5.74, 6) is -0.416. The van der Waals surface area contributed by atoms with E-state index in [0.717, 1.165) is 15.7 Å². The van der Waals surface area contributed by atoms with Crippen LogP contribution in [0.25, 0.3) is 0 Å². The van der Waals surface area contributed by atoms with Crippen LogP contribution in [0.15, 0.2) is 53.0 Å². The average molecular weight is 351 g/mol. The summed E-state index contributed by atoms with van der Waals surface area (Å²) in [5.41, 5.74) is 1.55. The minimum atomic E-state index is -0.277. The van der Waals surface area contributed by atoms with Gasteiger partial charge in [0.25, 0.3) is 0 Å². The second-order valence-electron chi connectivity index (χ2n) is 4.71. The van der Waals surface area contributed by atoms with Crippen LogP contribution < -0.4 is 10.6 Å². The molecule has 0 aliphatic heterocycles. The molecule has 0 heterocycles. The maximum absolute atomic E-state index is 13.1. The molecule has 1 atom stereocenters. The Morgan fingerprint density at radius 1 is 1.24 bits per heavy atom. The van der Waals surface area contributed by atoms with E-state index in [1.807, 2.05) is 37.3 Å². The van der Waals surface area contributed by atoms with Crippen molar-refractivity contribution in [2.45, 2.75) is 13.0 Å². The average Bonchev–Trinajstić information content (AvgIpc) is 2.47. The number of hydrogen-bond donors (Lipinski definition) is 2. The highest BCUT2D eigenvalue weighted by atomic mass is 79.9.